The van der Waals surface area contributed by atoms with Gasteiger partial charge in [0.1, 0.15) is 0 Å². The van der Waals surface area contributed by atoms with E-state index in [9.17, 15) is 9.59 Å². The van der Waals surface area contributed by atoms with Gasteiger partial charge in [0.2, 0.25) is 5.91 Å². The Kier molecular flexibility index (Phi) is 12.9. The molecule has 29 heavy (non-hydrogen) atoms. The number of hydrogen-bond acceptors (Lipinski definition) is 4. The Labute approximate surface area is 178 Å². The van der Waals surface area contributed by atoms with Gasteiger partial charge in [-0.05, 0) is 39.2 Å². The quantitative estimate of drug-likeness (QED) is 0.384. The number of carbonyl (C=O) groups excluding carboxylic acids is 2. The molecule has 1 rings (SSSR count). The Morgan fingerprint density at radius 2 is 1.69 bits per heavy atom. The molecule has 166 valence electrons. The molecule has 1 atom stereocenters. The molecule has 1 fully saturated rings. The summed E-state index contributed by atoms with van der Waals surface area (Å²) in [6.07, 6.45) is 17.7. The van der Waals surface area contributed by atoms with Crippen molar-refractivity contribution in [3.8, 4) is 12.3 Å². The number of rotatable bonds is 12. The molecule has 1 saturated carbocycles. The van der Waals surface area contributed by atoms with E-state index in [1.165, 1.54) is 38.5 Å². The first kappa shape index (κ1) is 25.7. The summed E-state index contributed by atoms with van der Waals surface area (Å²) in [4.78, 5) is 27.8. The molecule has 0 aliphatic heterocycles. The fourth-order valence-corrected chi connectivity index (χ4v) is 4.27. The minimum atomic E-state index is -0.725. The van der Waals surface area contributed by atoms with Crippen molar-refractivity contribution in [3.63, 3.8) is 0 Å². The van der Waals surface area contributed by atoms with Crippen LogP contribution < -0.4 is 10.6 Å². The number of Topliss-reactive ketones (excluding diaryl/α,β-unsaturated/α-hetero) is 1. The van der Waals surface area contributed by atoms with Crippen LogP contribution in [0, 0.1) is 12.3 Å². The van der Waals surface area contributed by atoms with Crippen LogP contribution in [0.3, 0.4) is 0 Å². The van der Waals surface area contributed by atoms with Gasteiger partial charge in [0.25, 0.3) is 0 Å². The van der Waals surface area contributed by atoms with Gasteiger partial charge in [0.15, 0.2) is 5.78 Å². The van der Waals surface area contributed by atoms with Crippen LogP contribution >= 0.6 is 0 Å². The van der Waals surface area contributed by atoms with Crippen molar-refractivity contribution in [2.45, 2.75) is 103 Å². The number of ketones is 1. The zero-order valence-corrected chi connectivity index (χ0v) is 19.0. The van der Waals surface area contributed by atoms with E-state index in [0.29, 0.717) is 19.5 Å². The van der Waals surface area contributed by atoms with Crippen LogP contribution in [-0.2, 0) is 9.59 Å². The van der Waals surface area contributed by atoms with Crippen LogP contribution in [0.5, 0.6) is 0 Å². The summed E-state index contributed by atoms with van der Waals surface area (Å²) in [5.41, 5.74) is -0.725. The summed E-state index contributed by atoms with van der Waals surface area (Å²) in [6, 6.07) is 0.243. The van der Waals surface area contributed by atoms with Gasteiger partial charge in [-0.3, -0.25) is 14.5 Å². The fraction of sp³-hybridized carbons (Fsp3) is 0.833. The number of carbonyl (C=O) groups is 2. The number of nitrogens with zero attached hydrogens (tertiary/aromatic N) is 1. The average Bonchev–Trinajstić information content (AvgIpc) is 2.82. The number of terminal acetylenes is 1. The number of nitrogens with one attached hydrogen (secondary N) is 2. The summed E-state index contributed by atoms with van der Waals surface area (Å²) in [7, 11) is 0. The highest BCUT2D eigenvalue weighted by atomic mass is 16.2. The lowest BCUT2D eigenvalue weighted by molar-refractivity contribution is -0.133. The highest BCUT2D eigenvalue weighted by molar-refractivity contribution is 5.90. The summed E-state index contributed by atoms with van der Waals surface area (Å²) < 4.78 is 0. The highest BCUT2D eigenvalue weighted by Gasteiger charge is 2.38. The smallest absolute Gasteiger partial charge is 0.234 e. The van der Waals surface area contributed by atoms with Gasteiger partial charge in [0, 0.05) is 6.04 Å². The Balaban J connectivity index is 2.78. The standard InChI is InChI=1S/C24H43N3O2/c1-5-16-24(4,22(28)19-25-17-6-2)27(18-7-3)20-23(29)26-21-14-12-10-8-9-11-13-15-21/h3,21,25H,5-6,8-20H2,1-2,4H3,(H,26,29). The summed E-state index contributed by atoms with van der Waals surface area (Å²) in [5, 5.41) is 6.44. The first-order chi connectivity index (χ1) is 14.0. The third-order valence-electron chi connectivity index (χ3n) is 6.08. The van der Waals surface area contributed by atoms with Gasteiger partial charge in [-0.25, -0.2) is 0 Å². The normalized spacial score (nSPS) is 18.2. The van der Waals surface area contributed by atoms with E-state index in [-0.39, 0.29) is 24.3 Å². The monoisotopic (exact) mass is 405 g/mol. The Morgan fingerprint density at radius 3 is 2.24 bits per heavy atom. The number of amides is 1. The van der Waals surface area contributed by atoms with Crippen molar-refractivity contribution in [3.05, 3.63) is 0 Å². The second-order valence-electron chi connectivity index (χ2n) is 8.65. The first-order valence-corrected chi connectivity index (χ1v) is 11.7. The van der Waals surface area contributed by atoms with Crippen molar-refractivity contribution >= 4 is 11.7 Å². The molecule has 0 bridgehead atoms. The van der Waals surface area contributed by atoms with Gasteiger partial charge in [-0.15, -0.1) is 6.42 Å². The van der Waals surface area contributed by atoms with E-state index in [1.54, 1.807) is 0 Å². The fourth-order valence-electron chi connectivity index (χ4n) is 4.27. The zero-order chi connectivity index (χ0) is 21.5. The molecule has 0 saturated heterocycles. The van der Waals surface area contributed by atoms with E-state index >= 15 is 0 Å². The summed E-state index contributed by atoms with van der Waals surface area (Å²) in [5.74, 6) is 2.76. The van der Waals surface area contributed by atoms with Gasteiger partial charge in [-0.1, -0.05) is 64.7 Å². The lowest BCUT2D eigenvalue weighted by Crippen LogP contribution is -2.58. The Hall–Kier alpha value is -1.38. The van der Waals surface area contributed by atoms with Crippen LogP contribution in [0.2, 0.25) is 0 Å². The SMILES string of the molecule is C#CCN(CC(=O)NC1CCCCCCCC1)C(C)(CCC)C(=O)CNCCC. The topological polar surface area (TPSA) is 61.4 Å². The van der Waals surface area contributed by atoms with Crippen LogP contribution in [0.1, 0.15) is 91.4 Å². The van der Waals surface area contributed by atoms with Gasteiger partial charge in [-0.2, -0.15) is 0 Å². The zero-order valence-electron chi connectivity index (χ0n) is 19.0. The Morgan fingerprint density at radius 1 is 1.07 bits per heavy atom. The molecule has 0 spiro atoms. The molecule has 0 aromatic rings. The van der Waals surface area contributed by atoms with Crippen molar-refractivity contribution in [2.75, 3.05) is 26.2 Å². The Bertz CT molecular complexity index is 519. The van der Waals surface area contributed by atoms with Crippen LogP contribution in [-0.4, -0.2) is 54.4 Å². The predicted octanol–water partition coefficient (Wildman–Crippen LogP) is 3.67. The van der Waals surface area contributed by atoms with Gasteiger partial charge in [0.05, 0.1) is 25.2 Å². The van der Waals surface area contributed by atoms with E-state index < -0.39 is 5.54 Å². The molecule has 2 N–H and O–H groups in total. The van der Waals surface area contributed by atoms with Crippen molar-refractivity contribution in [1.29, 1.82) is 0 Å². The maximum atomic E-state index is 13.0. The predicted molar refractivity (Wildman–Crippen MR) is 121 cm³/mol. The maximum Gasteiger partial charge on any atom is 0.234 e. The molecule has 0 heterocycles. The van der Waals surface area contributed by atoms with E-state index in [0.717, 1.165) is 32.2 Å². The molecule has 1 aliphatic carbocycles. The molecule has 5 nitrogen and oxygen atoms in total. The van der Waals surface area contributed by atoms with Crippen LogP contribution in [0.4, 0.5) is 0 Å². The number of hydrogen-bond donors (Lipinski definition) is 2. The molecule has 0 aromatic carbocycles. The molecule has 1 aliphatic rings. The second kappa shape index (κ2) is 14.6. The molecular weight excluding hydrogens is 362 g/mol. The van der Waals surface area contributed by atoms with Crippen LogP contribution in [0.25, 0.3) is 0 Å². The van der Waals surface area contributed by atoms with E-state index in [2.05, 4.69) is 30.4 Å². The third-order valence-corrected chi connectivity index (χ3v) is 6.08. The van der Waals surface area contributed by atoms with Gasteiger partial charge < -0.3 is 10.6 Å². The molecule has 1 unspecified atom stereocenters. The average molecular weight is 406 g/mol. The van der Waals surface area contributed by atoms with Crippen molar-refractivity contribution in [2.24, 2.45) is 0 Å². The highest BCUT2D eigenvalue weighted by Crippen LogP contribution is 2.23. The first-order valence-electron chi connectivity index (χ1n) is 11.7. The third kappa shape index (κ3) is 9.31. The molecule has 0 radical (unpaired) electrons. The lowest BCUT2D eigenvalue weighted by Gasteiger charge is -2.39. The minimum absolute atomic E-state index is 0.0128. The lowest BCUT2D eigenvalue weighted by atomic mass is 9.88. The van der Waals surface area contributed by atoms with Crippen LogP contribution in [0.15, 0.2) is 0 Å². The van der Waals surface area contributed by atoms with Crippen molar-refractivity contribution < 1.29 is 9.59 Å². The largest absolute Gasteiger partial charge is 0.352 e. The molecule has 0 aromatic heterocycles. The molecular formula is C24H43N3O2. The van der Waals surface area contributed by atoms with Crippen molar-refractivity contribution in [1.82, 2.24) is 15.5 Å². The van der Waals surface area contributed by atoms with Gasteiger partial charge >= 0.3 is 0 Å². The van der Waals surface area contributed by atoms with E-state index in [4.69, 9.17) is 6.42 Å². The molecule has 1 amide bonds. The second-order valence-corrected chi connectivity index (χ2v) is 8.65. The summed E-state index contributed by atoms with van der Waals surface area (Å²) >= 11 is 0. The molecule has 5 heteroatoms. The summed E-state index contributed by atoms with van der Waals surface area (Å²) in [6.45, 7) is 7.69. The van der Waals surface area contributed by atoms with E-state index in [1.807, 2.05) is 11.8 Å². The maximum absolute atomic E-state index is 13.0. The minimum Gasteiger partial charge on any atom is -0.352 e.